The van der Waals surface area contributed by atoms with Gasteiger partial charge in [0.25, 0.3) is 0 Å². The van der Waals surface area contributed by atoms with Crippen LogP contribution in [-0.4, -0.2) is 12.9 Å². The minimum Gasteiger partial charge on any atom is -0.492 e. The van der Waals surface area contributed by atoms with Crippen LogP contribution in [0.3, 0.4) is 0 Å². The highest BCUT2D eigenvalue weighted by Gasteiger charge is 2.34. The molecule has 1 aliphatic carbocycles. The third kappa shape index (κ3) is 3.59. The Labute approximate surface area is 158 Å². The Hall–Kier alpha value is -1.42. The van der Waals surface area contributed by atoms with Crippen LogP contribution < -0.4 is 4.74 Å². The van der Waals surface area contributed by atoms with E-state index in [0.29, 0.717) is 29.4 Å². The Bertz CT molecular complexity index is 758. The van der Waals surface area contributed by atoms with E-state index in [1.807, 2.05) is 13.0 Å². The van der Waals surface area contributed by atoms with Crippen LogP contribution in [0.2, 0.25) is 0 Å². The number of allylic oxidation sites excluding steroid dienone is 4. The fourth-order valence-electron chi connectivity index (χ4n) is 3.43. The van der Waals surface area contributed by atoms with Gasteiger partial charge in [0.15, 0.2) is 12.1 Å². The number of ether oxygens (including phenoxy) is 1. The largest absolute Gasteiger partial charge is 0.492 e. The molecule has 1 aliphatic rings. The average Bonchev–Trinajstić information content (AvgIpc) is 2.54. The van der Waals surface area contributed by atoms with Crippen molar-refractivity contribution in [1.29, 1.82) is 0 Å². The van der Waals surface area contributed by atoms with Crippen LogP contribution in [0.25, 0.3) is 11.1 Å². The van der Waals surface area contributed by atoms with Crippen molar-refractivity contribution in [2.45, 2.75) is 53.4 Å². The van der Waals surface area contributed by atoms with Gasteiger partial charge in [-0.05, 0) is 75.9 Å². The zero-order valence-corrected chi connectivity index (χ0v) is 17.4. The maximum Gasteiger partial charge on any atom is 0.178 e. The Kier molecular flexibility index (Phi) is 5.93. The number of carbonyl (C=O) groups is 1. The van der Waals surface area contributed by atoms with Gasteiger partial charge in [-0.1, -0.05) is 33.8 Å². The zero-order chi connectivity index (χ0) is 18.9. The van der Waals surface area contributed by atoms with E-state index in [2.05, 4.69) is 49.7 Å². The van der Waals surface area contributed by atoms with E-state index in [0.717, 1.165) is 16.5 Å². The van der Waals surface area contributed by atoms with Crippen molar-refractivity contribution in [3.05, 3.63) is 39.1 Å². The number of fused-ring (bicyclic) bond motifs is 1. The SMILES string of the molecule is CCOc1c(/C(C)=C(/F)C=O)cc2c(c1Br)C(C)(C)CC=C2C(C)C. The van der Waals surface area contributed by atoms with Gasteiger partial charge < -0.3 is 4.74 Å². The molecule has 25 heavy (non-hydrogen) atoms. The Morgan fingerprint density at radius 3 is 2.60 bits per heavy atom. The van der Waals surface area contributed by atoms with E-state index in [9.17, 15) is 9.18 Å². The Morgan fingerprint density at radius 1 is 1.44 bits per heavy atom. The molecule has 1 aromatic carbocycles. The molecule has 2 rings (SSSR count). The van der Waals surface area contributed by atoms with Crippen LogP contribution in [0.15, 0.2) is 22.4 Å². The lowest BCUT2D eigenvalue weighted by molar-refractivity contribution is -0.106. The standard InChI is InChI=1S/C21H26BrFO2/c1-7-25-20-15(13(4)17(23)11-24)10-16-14(12(2)3)8-9-21(5,6)18(16)19(20)22/h8,10-12H,7,9H2,1-6H3/b17-13+. The van der Waals surface area contributed by atoms with Crippen LogP contribution in [0, 0.1) is 5.92 Å². The lowest BCUT2D eigenvalue weighted by Crippen LogP contribution is -2.24. The van der Waals surface area contributed by atoms with Crippen molar-refractivity contribution in [3.63, 3.8) is 0 Å². The number of carbonyl (C=O) groups excluding carboxylic acids is 1. The minimum absolute atomic E-state index is 0.0578. The van der Waals surface area contributed by atoms with Gasteiger partial charge in [-0.3, -0.25) is 4.79 Å². The molecule has 0 aromatic heterocycles. The molecular formula is C21H26BrFO2. The van der Waals surface area contributed by atoms with Crippen molar-refractivity contribution in [2.75, 3.05) is 6.61 Å². The summed E-state index contributed by atoms with van der Waals surface area (Å²) >= 11 is 3.72. The number of hydrogen-bond acceptors (Lipinski definition) is 2. The van der Waals surface area contributed by atoms with Gasteiger partial charge in [0, 0.05) is 5.56 Å². The van der Waals surface area contributed by atoms with Gasteiger partial charge in [-0.25, -0.2) is 4.39 Å². The van der Waals surface area contributed by atoms with Crippen LogP contribution in [0.5, 0.6) is 5.75 Å². The Balaban J connectivity index is 2.90. The molecule has 0 fully saturated rings. The predicted molar refractivity (Wildman–Crippen MR) is 106 cm³/mol. The lowest BCUT2D eigenvalue weighted by atomic mass is 9.70. The number of benzene rings is 1. The van der Waals surface area contributed by atoms with Gasteiger partial charge >= 0.3 is 0 Å². The first-order chi connectivity index (χ1) is 11.7. The van der Waals surface area contributed by atoms with Gasteiger partial charge in [0.05, 0.1) is 11.1 Å². The molecule has 0 unspecified atom stereocenters. The van der Waals surface area contributed by atoms with Gasteiger partial charge in [0.1, 0.15) is 5.75 Å². The summed E-state index contributed by atoms with van der Waals surface area (Å²) in [5.41, 5.74) is 4.41. The van der Waals surface area contributed by atoms with E-state index in [1.54, 1.807) is 6.92 Å². The van der Waals surface area contributed by atoms with Gasteiger partial charge in [0.2, 0.25) is 0 Å². The fourth-order valence-corrected chi connectivity index (χ4v) is 4.50. The van der Waals surface area contributed by atoms with Crippen LogP contribution in [0.4, 0.5) is 4.39 Å². The summed E-state index contributed by atoms with van der Waals surface area (Å²) in [4.78, 5) is 10.9. The normalized spacial score (nSPS) is 16.9. The highest BCUT2D eigenvalue weighted by Crippen LogP contribution is 2.50. The second kappa shape index (κ2) is 7.45. The third-order valence-electron chi connectivity index (χ3n) is 4.82. The molecule has 0 saturated heterocycles. The molecule has 0 heterocycles. The first kappa shape index (κ1) is 19.9. The van der Waals surface area contributed by atoms with Gasteiger partial charge in [-0.2, -0.15) is 0 Å². The van der Waals surface area contributed by atoms with Crippen molar-refractivity contribution >= 4 is 33.4 Å². The molecule has 0 aliphatic heterocycles. The Morgan fingerprint density at radius 2 is 2.08 bits per heavy atom. The average molecular weight is 409 g/mol. The van der Waals surface area contributed by atoms with Crippen LogP contribution >= 0.6 is 15.9 Å². The molecule has 0 saturated carbocycles. The summed E-state index contributed by atoms with van der Waals surface area (Å²) in [6.45, 7) is 12.7. The third-order valence-corrected chi connectivity index (χ3v) is 5.57. The van der Waals surface area contributed by atoms with Crippen molar-refractivity contribution in [3.8, 4) is 5.75 Å². The second-order valence-electron chi connectivity index (χ2n) is 7.42. The highest BCUT2D eigenvalue weighted by atomic mass is 79.9. The van der Waals surface area contributed by atoms with E-state index in [-0.39, 0.29) is 11.7 Å². The molecule has 0 spiro atoms. The number of hydrogen-bond donors (Lipinski definition) is 0. The summed E-state index contributed by atoms with van der Waals surface area (Å²) in [6, 6.07) is 1.98. The maximum atomic E-state index is 14.0. The smallest absolute Gasteiger partial charge is 0.178 e. The van der Waals surface area contributed by atoms with Gasteiger partial charge in [-0.15, -0.1) is 0 Å². The first-order valence-corrected chi connectivity index (χ1v) is 9.47. The van der Waals surface area contributed by atoms with Crippen molar-refractivity contribution < 1.29 is 13.9 Å². The zero-order valence-electron chi connectivity index (χ0n) is 15.8. The lowest BCUT2D eigenvalue weighted by Gasteiger charge is -2.36. The van der Waals surface area contributed by atoms with Crippen LogP contribution in [-0.2, 0) is 10.2 Å². The molecule has 0 atom stereocenters. The first-order valence-electron chi connectivity index (χ1n) is 8.67. The van der Waals surface area contributed by atoms with E-state index < -0.39 is 5.83 Å². The summed E-state index contributed by atoms with van der Waals surface area (Å²) in [5, 5.41) is 0. The second-order valence-corrected chi connectivity index (χ2v) is 8.21. The summed E-state index contributed by atoms with van der Waals surface area (Å²) in [7, 11) is 0. The number of rotatable bonds is 5. The number of aldehydes is 1. The highest BCUT2D eigenvalue weighted by molar-refractivity contribution is 9.10. The van der Waals surface area contributed by atoms with Crippen molar-refractivity contribution in [1.82, 2.24) is 0 Å². The summed E-state index contributed by atoms with van der Waals surface area (Å²) in [6.07, 6.45) is 3.47. The maximum absolute atomic E-state index is 14.0. The van der Waals surface area contributed by atoms with E-state index >= 15 is 0 Å². The topological polar surface area (TPSA) is 26.3 Å². The summed E-state index contributed by atoms with van der Waals surface area (Å²) in [5.74, 6) is 0.194. The molecular weight excluding hydrogens is 383 g/mol. The minimum atomic E-state index is -0.766. The quantitative estimate of drug-likeness (QED) is 0.412. The summed E-state index contributed by atoms with van der Waals surface area (Å²) < 4.78 is 20.7. The number of halogens is 2. The molecule has 0 N–H and O–H groups in total. The molecule has 0 amide bonds. The molecule has 0 bridgehead atoms. The molecule has 0 radical (unpaired) electrons. The fraction of sp³-hybridized carbons (Fsp3) is 0.476. The molecule has 136 valence electrons. The monoisotopic (exact) mass is 408 g/mol. The van der Waals surface area contributed by atoms with E-state index in [4.69, 9.17) is 4.74 Å². The molecule has 4 heteroatoms. The van der Waals surface area contributed by atoms with Crippen molar-refractivity contribution in [2.24, 2.45) is 5.92 Å². The molecule has 1 aromatic rings. The predicted octanol–water partition coefficient (Wildman–Crippen LogP) is 6.47. The van der Waals surface area contributed by atoms with Crippen LogP contribution in [0.1, 0.15) is 64.7 Å². The van der Waals surface area contributed by atoms with E-state index in [1.165, 1.54) is 11.1 Å². The molecule has 2 nitrogen and oxygen atoms in total.